The van der Waals surface area contributed by atoms with E-state index in [1.54, 1.807) is 6.92 Å². The van der Waals surface area contributed by atoms with Gasteiger partial charge < -0.3 is 19.5 Å². The number of amides is 2. The fourth-order valence-corrected chi connectivity index (χ4v) is 1.93. The first-order valence-corrected chi connectivity index (χ1v) is 7.42. The van der Waals surface area contributed by atoms with Gasteiger partial charge in [0.2, 0.25) is 5.91 Å². The summed E-state index contributed by atoms with van der Waals surface area (Å²) in [7, 11) is 1.37. The molecule has 0 atom stereocenters. The number of anilines is 1. The van der Waals surface area contributed by atoms with E-state index in [0.29, 0.717) is 5.76 Å². The molecule has 0 saturated carbocycles. The number of benzene rings is 1. The third-order valence-corrected chi connectivity index (χ3v) is 3.23. The van der Waals surface area contributed by atoms with E-state index in [2.05, 4.69) is 10.5 Å². The zero-order chi connectivity index (χ0) is 19.3. The van der Waals surface area contributed by atoms with Crippen molar-refractivity contribution < 1.29 is 32.0 Å². The number of nitrogens with one attached hydrogen (secondary N) is 1. The monoisotopic (exact) mass is 371 g/mol. The van der Waals surface area contributed by atoms with Crippen LogP contribution in [0.4, 0.5) is 19.0 Å². The molecule has 0 spiro atoms. The van der Waals surface area contributed by atoms with Gasteiger partial charge in [-0.05, 0) is 25.1 Å². The van der Waals surface area contributed by atoms with Crippen LogP contribution in [0, 0.1) is 6.92 Å². The van der Waals surface area contributed by atoms with Crippen LogP contribution in [0.15, 0.2) is 34.9 Å². The second-order valence-electron chi connectivity index (χ2n) is 5.44. The molecular weight excluding hydrogens is 355 g/mol. The fraction of sp³-hybridized carbons (Fsp3) is 0.312. The first-order chi connectivity index (χ1) is 12.1. The van der Waals surface area contributed by atoms with E-state index in [1.165, 1.54) is 25.2 Å². The summed E-state index contributed by atoms with van der Waals surface area (Å²) in [6.07, 6.45) is -4.50. The van der Waals surface area contributed by atoms with Gasteiger partial charge >= 0.3 is 6.18 Å². The van der Waals surface area contributed by atoms with Crippen molar-refractivity contribution in [3.8, 4) is 5.75 Å². The molecule has 0 aliphatic rings. The quantitative estimate of drug-likeness (QED) is 0.843. The maximum atomic E-state index is 12.6. The van der Waals surface area contributed by atoms with Gasteiger partial charge in [-0.3, -0.25) is 9.59 Å². The Labute approximate surface area is 146 Å². The lowest BCUT2D eigenvalue weighted by molar-refractivity contribution is -0.137. The Morgan fingerprint density at radius 2 is 2.04 bits per heavy atom. The van der Waals surface area contributed by atoms with E-state index in [0.717, 1.165) is 17.0 Å². The maximum Gasteiger partial charge on any atom is 0.416 e. The summed E-state index contributed by atoms with van der Waals surface area (Å²) in [6, 6.07) is 5.70. The van der Waals surface area contributed by atoms with E-state index < -0.39 is 30.2 Å². The molecule has 0 unspecified atom stereocenters. The summed E-state index contributed by atoms with van der Waals surface area (Å²) in [6.45, 7) is 0.869. The zero-order valence-electron chi connectivity index (χ0n) is 14.0. The maximum absolute atomic E-state index is 12.6. The Hall–Kier alpha value is -3.04. The number of aromatic nitrogens is 1. The van der Waals surface area contributed by atoms with Gasteiger partial charge in [0.25, 0.3) is 5.91 Å². The summed E-state index contributed by atoms with van der Waals surface area (Å²) in [5.74, 6) is -0.445. The average molecular weight is 371 g/mol. The van der Waals surface area contributed by atoms with E-state index in [1.807, 2.05) is 0 Å². The first kappa shape index (κ1) is 19.3. The number of halogens is 3. The largest absolute Gasteiger partial charge is 0.484 e. The number of hydrogen-bond acceptors (Lipinski definition) is 5. The number of carbonyl (C=O) groups excluding carboxylic acids is 2. The van der Waals surface area contributed by atoms with E-state index in [9.17, 15) is 22.8 Å². The van der Waals surface area contributed by atoms with Crippen molar-refractivity contribution in [1.82, 2.24) is 10.1 Å². The molecule has 10 heteroatoms. The van der Waals surface area contributed by atoms with Crippen LogP contribution in [0.3, 0.4) is 0 Å². The molecule has 0 aliphatic heterocycles. The minimum absolute atomic E-state index is 0.0934. The van der Waals surface area contributed by atoms with Gasteiger partial charge in [0.1, 0.15) is 11.5 Å². The van der Waals surface area contributed by atoms with Crippen molar-refractivity contribution in [2.24, 2.45) is 0 Å². The van der Waals surface area contributed by atoms with Gasteiger partial charge in [-0.15, -0.1) is 0 Å². The highest BCUT2D eigenvalue weighted by Crippen LogP contribution is 2.31. The molecule has 0 fully saturated rings. The predicted octanol–water partition coefficient (Wildman–Crippen LogP) is 2.48. The normalized spacial score (nSPS) is 11.1. The van der Waals surface area contributed by atoms with Crippen molar-refractivity contribution >= 4 is 17.6 Å². The van der Waals surface area contributed by atoms with Crippen molar-refractivity contribution in [3.05, 3.63) is 41.7 Å². The number of hydrogen-bond donors (Lipinski definition) is 1. The highest BCUT2D eigenvalue weighted by molar-refractivity contribution is 5.93. The minimum atomic E-state index is -4.50. The summed E-state index contributed by atoms with van der Waals surface area (Å²) in [4.78, 5) is 24.8. The van der Waals surface area contributed by atoms with Crippen LogP contribution in [-0.4, -0.2) is 42.1 Å². The highest BCUT2D eigenvalue weighted by atomic mass is 19.4. The topological polar surface area (TPSA) is 84.7 Å². The molecule has 2 aromatic rings. The number of alkyl halides is 3. The predicted molar refractivity (Wildman–Crippen MR) is 84.4 cm³/mol. The van der Waals surface area contributed by atoms with Gasteiger partial charge in [-0.1, -0.05) is 11.2 Å². The third kappa shape index (κ3) is 5.50. The molecule has 0 aliphatic carbocycles. The van der Waals surface area contributed by atoms with Crippen LogP contribution in [-0.2, 0) is 15.8 Å². The van der Waals surface area contributed by atoms with Gasteiger partial charge in [0.05, 0.1) is 12.1 Å². The molecule has 1 N–H and O–H groups in total. The molecule has 0 bridgehead atoms. The molecule has 7 nitrogen and oxygen atoms in total. The van der Waals surface area contributed by atoms with Crippen LogP contribution < -0.4 is 10.1 Å². The number of carbonyl (C=O) groups is 2. The van der Waals surface area contributed by atoms with Crippen LogP contribution in [0.1, 0.15) is 11.3 Å². The van der Waals surface area contributed by atoms with Crippen LogP contribution >= 0.6 is 0 Å². The second-order valence-corrected chi connectivity index (χ2v) is 5.44. The number of likely N-dealkylation sites (N-methyl/N-ethyl adjacent to an activating group) is 1. The first-order valence-electron chi connectivity index (χ1n) is 7.42. The lowest BCUT2D eigenvalue weighted by atomic mass is 10.2. The summed E-state index contributed by atoms with van der Waals surface area (Å²) < 4.78 is 47.8. The van der Waals surface area contributed by atoms with Crippen LogP contribution in [0.2, 0.25) is 0 Å². The lowest BCUT2D eigenvalue weighted by Gasteiger charge is -2.17. The van der Waals surface area contributed by atoms with E-state index in [4.69, 9.17) is 9.26 Å². The summed E-state index contributed by atoms with van der Waals surface area (Å²) >= 11 is 0. The van der Waals surface area contributed by atoms with Crippen LogP contribution in [0.5, 0.6) is 5.75 Å². The molecule has 140 valence electrons. The van der Waals surface area contributed by atoms with Crippen LogP contribution in [0.25, 0.3) is 0 Å². The Kier molecular flexibility index (Phi) is 5.86. The van der Waals surface area contributed by atoms with Gasteiger partial charge in [0.15, 0.2) is 12.4 Å². The van der Waals surface area contributed by atoms with E-state index in [-0.39, 0.29) is 18.1 Å². The second kappa shape index (κ2) is 7.89. The molecule has 1 heterocycles. The summed E-state index contributed by atoms with van der Waals surface area (Å²) in [5, 5.41) is 6.03. The minimum Gasteiger partial charge on any atom is -0.484 e. The zero-order valence-corrected chi connectivity index (χ0v) is 14.0. The summed E-state index contributed by atoms with van der Waals surface area (Å²) in [5.41, 5.74) is -0.877. The Balaban J connectivity index is 1.84. The van der Waals surface area contributed by atoms with Gasteiger partial charge in [-0.2, -0.15) is 13.2 Å². The molecule has 2 rings (SSSR count). The lowest BCUT2D eigenvalue weighted by Crippen LogP contribution is -2.37. The number of ether oxygens (including phenoxy) is 1. The standard InChI is InChI=1S/C16H16F3N3O4/c1-10-6-13(21-26-10)20-14(23)8-22(2)15(24)9-25-12-5-3-4-11(7-12)16(17,18)19/h3-7H,8-9H2,1-2H3,(H,20,21,23). The highest BCUT2D eigenvalue weighted by Gasteiger charge is 2.30. The number of rotatable bonds is 6. The Morgan fingerprint density at radius 1 is 1.31 bits per heavy atom. The van der Waals surface area contributed by atoms with Crippen molar-refractivity contribution in [3.63, 3.8) is 0 Å². The Morgan fingerprint density at radius 3 is 2.65 bits per heavy atom. The Bertz CT molecular complexity index is 789. The van der Waals surface area contributed by atoms with Crippen molar-refractivity contribution in [2.45, 2.75) is 13.1 Å². The third-order valence-electron chi connectivity index (χ3n) is 3.23. The molecular formula is C16H16F3N3O4. The molecule has 0 radical (unpaired) electrons. The SMILES string of the molecule is Cc1cc(NC(=O)CN(C)C(=O)COc2cccc(C(F)(F)F)c2)no1. The molecule has 1 aromatic carbocycles. The fourth-order valence-electron chi connectivity index (χ4n) is 1.93. The van der Waals surface area contributed by atoms with Gasteiger partial charge in [-0.25, -0.2) is 0 Å². The van der Waals surface area contributed by atoms with Gasteiger partial charge in [0, 0.05) is 13.1 Å². The molecule has 2 amide bonds. The van der Waals surface area contributed by atoms with Crippen molar-refractivity contribution in [2.75, 3.05) is 25.5 Å². The van der Waals surface area contributed by atoms with E-state index >= 15 is 0 Å². The number of nitrogens with zero attached hydrogens (tertiary/aromatic N) is 2. The van der Waals surface area contributed by atoms with Crippen molar-refractivity contribution in [1.29, 1.82) is 0 Å². The molecule has 1 aromatic heterocycles. The smallest absolute Gasteiger partial charge is 0.416 e. The number of aryl methyl sites for hydroxylation is 1. The molecule has 26 heavy (non-hydrogen) atoms. The molecule has 0 saturated heterocycles. The average Bonchev–Trinajstić information content (AvgIpc) is 2.96.